The van der Waals surface area contributed by atoms with Crippen molar-refractivity contribution < 1.29 is 9.15 Å². The van der Waals surface area contributed by atoms with Gasteiger partial charge in [-0.15, -0.1) is 0 Å². The van der Waals surface area contributed by atoms with Crippen LogP contribution in [0.25, 0.3) is 22.1 Å². The van der Waals surface area contributed by atoms with Crippen LogP contribution >= 0.6 is 0 Å². The second kappa shape index (κ2) is 3.20. The molecule has 0 atom stereocenters. The first-order valence-electron chi connectivity index (χ1n) is 4.99. The van der Waals surface area contributed by atoms with Crippen LogP contribution < -0.4 is 4.74 Å². The van der Waals surface area contributed by atoms with Crippen molar-refractivity contribution in [3.05, 3.63) is 30.2 Å². The Bertz CT molecular complexity index is 673. The number of pyridine rings is 1. The van der Waals surface area contributed by atoms with Gasteiger partial charge < -0.3 is 9.15 Å². The number of rotatable bonds is 1. The lowest BCUT2D eigenvalue weighted by Gasteiger charge is -2.02. The van der Waals surface area contributed by atoms with Crippen LogP contribution in [0.15, 0.2) is 28.7 Å². The van der Waals surface area contributed by atoms with E-state index >= 15 is 0 Å². The smallest absolute Gasteiger partial charge is 0.199 e. The van der Waals surface area contributed by atoms with E-state index in [1.165, 1.54) is 0 Å². The van der Waals surface area contributed by atoms with Gasteiger partial charge in [-0.3, -0.25) is 0 Å². The molecule has 2 aromatic heterocycles. The summed E-state index contributed by atoms with van der Waals surface area (Å²) in [5.74, 6) is 1.37. The van der Waals surface area contributed by atoms with E-state index in [4.69, 9.17) is 9.15 Å². The van der Waals surface area contributed by atoms with Crippen molar-refractivity contribution in [3.63, 3.8) is 0 Å². The molecule has 80 valence electrons. The molecule has 2 heterocycles. The van der Waals surface area contributed by atoms with Gasteiger partial charge in [-0.05, 0) is 12.1 Å². The minimum absolute atomic E-state index is 0.620. The lowest BCUT2D eigenvalue weighted by molar-refractivity contribution is 0.419. The summed E-state index contributed by atoms with van der Waals surface area (Å²) in [6.07, 6.45) is 0. The monoisotopic (exact) mass is 214 g/mol. The molecule has 0 saturated carbocycles. The standard InChI is InChI=1S/C12H10N2O2/c1-7-13-12-10(16-7)6-8-4-3-5-9(15-2)11(8)14-12/h3-6H,1-2H3. The molecule has 0 saturated heterocycles. The Morgan fingerprint density at radius 3 is 2.94 bits per heavy atom. The second-order valence-electron chi connectivity index (χ2n) is 3.57. The molecular weight excluding hydrogens is 204 g/mol. The molecule has 0 amide bonds. The van der Waals surface area contributed by atoms with Crippen LogP contribution in [-0.4, -0.2) is 17.1 Å². The molecule has 0 aliphatic carbocycles. The third-order valence-electron chi connectivity index (χ3n) is 2.50. The normalized spacial score (nSPS) is 11.1. The van der Waals surface area contributed by atoms with E-state index in [-0.39, 0.29) is 0 Å². The van der Waals surface area contributed by atoms with Gasteiger partial charge in [-0.25, -0.2) is 4.98 Å². The molecule has 0 fully saturated rings. The Balaban J connectivity index is 2.45. The van der Waals surface area contributed by atoms with Gasteiger partial charge in [0.05, 0.1) is 7.11 Å². The summed E-state index contributed by atoms with van der Waals surface area (Å²) >= 11 is 0. The number of hydrogen-bond donors (Lipinski definition) is 0. The summed E-state index contributed by atoms with van der Waals surface area (Å²) in [6, 6.07) is 7.72. The Kier molecular flexibility index (Phi) is 1.83. The van der Waals surface area contributed by atoms with Crippen molar-refractivity contribution in [1.82, 2.24) is 9.97 Å². The van der Waals surface area contributed by atoms with E-state index in [0.29, 0.717) is 17.1 Å². The minimum atomic E-state index is 0.620. The third-order valence-corrected chi connectivity index (χ3v) is 2.50. The maximum atomic E-state index is 5.44. The van der Waals surface area contributed by atoms with Crippen LogP contribution in [0, 0.1) is 6.92 Å². The number of fused-ring (bicyclic) bond motifs is 2. The van der Waals surface area contributed by atoms with Crippen LogP contribution in [0.5, 0.6) is 5.75 Å². The topological polar surface area (TPSA) is 48.2 Å². The number of para-hydroxylation sites is 1. The zero-order valence-corrected chi connectivity index (χ0v) is 9.02. The molecule has 0 unspecified atom stereocenters. The quantitative estimate of drug-likeness (QED) is 0.624. The number of nitrogens with zero attached hydrogens (tertiary/aromatic N) is 2. The summed E-state index contributed by atoms with van der Waals surface area (Å²) in [6.45, 7) is 1.81. The average Bonchev–Trinajstić information content (AvgIpc) is 2.64. The van der Waals surface area contributed by atoms with E-state index in [1.54, 1.807) is 7.11 Å². The van der Waals surface area contributed by atoms with Crippen LogP contribution in [0.2, 0.25) is 0 Å². The fourth-order valence-corrected chi connectivity index (χ4v) is 1.79. The summed E-state index contributed by atoms with van der Waals surface area (Å²) in [5, 5.41) is 0.989. The molecule has 3 rings (SSSR count). The summed E-state index contributed by atoms with van der Waals surface area (Å²) < 4.78 is 10.7. The molecule has 1 aromatic carbocycles. The van der Waals surface area contributed by atoms with Crippen molar-refractivity contribution in [3.8, 4) is 5.75 Å². The predicted molar refractivity (Wildman–Crippen MR) is 60.6 cm³/mol. The van der Waals surface area contributed by atoms with E-state index in [0.717, 1.165) is 16.7 Å². The average molecular weight is 214 g/mol. The van der Waals surface area contributed by atoms with Crippen molar-refractivity contribution in [2.45, 2.75) is 6.92 Å². The lowest BCUT2D eigenvalue weighted by Crippen LogP contribution is -1.87. The highest BCUT2D eigenvalue weighted by atomic mass is 16.5. The second-order valence-corrected chi connectivity index (χ2v) is 3.57. The maximum absolute atomic E-state index is 5.44. The van der Waals surface area contributed by atoms with Crippen molar-refractivity contribution >= 4 is 22.1 Å². The van der Waals surface area contributed by atoms with Gasteiger partial charge in [-0.1, -0.05) is 12.1 Å². The summed E-state index contributed by atoms with van der Waals surface area (Å²) in [7, 11) is 1.63. The number of hydrogen-bond acceptors (Lipinski definition) is 4. The van der Waals surface area contributed by atoms with Crippen molar-refractivity contribution in [2.24, 2.45) is 0 Å². The molecule has 0 spiro atoms. The molecule has 16 heavy (non-hydrogen) atoms. The van der Waals surface area contributed by atoms with E-state index < -0.39 is 0 Å². The Morgan fingerprint density at radius 2 is 2.12 bits per heavy atom. The van der Waals surface area contributed by atoms with Gasteiger partial charge in [0.25, 0.3) is 0 Å². The van der Waals surface area contributed by atoms with Gasteiger partial charge in [0.1, 0.15) is 11.3 Å². The number of benzene rings is 1. The first-order valence-corrected chi connectivity index (χ1v) is 4.99. The van der Waals surface area contributed by atoms with Gasteiger partial charge >= 0.3 is 0 Å². The number of aromatic nitrogens is 2. The molecule has 0 radical (unpaired) electrons. The van der Waals surface area contributed by atoms with E-state index in [2.05, 4.69) is 9.97 Å². The molecule has 0 N–H and O–H groups in total. The highest BCUT2D eigenvalue weighted by Crippen LogP contribution is 2.26. The molecule has 0 aliphatic rings. The molecule has 0 bridgehead atoms. The highest BCUT2D eigenvalue weighted by molar-refractivity contribution is 5.92. The minimum Gasteiger partial charge on any atom is -0.494 e. The summed E-state index contributed by atoms with van der Waals surface area (Å²) in [5.41, 5.74) is 2.14. The van der Waals surface area contributed by atoms with E-state index in [1.807, 2.05) is 31.2 Å². The first kappa shape index (κ1) is 9.15. The largest absolute Gasteiger partial charge is 0.494 e. The molecular formula is C12H10N2O2. The molecule has 3 aromatic rings. The zero-order chi connectivity index (χ0) is 11.1. The fraction of sp³-hybridized carbons (Fsp3) is 0.167. The summed E-state index contributed by atoms with van der Waals surface area (Å²) in [4.78, 5) is 8.64. The van der Waals surface area contributed by atoms with Crippen molar-refractivity contribution in [2.75, 3.05) is 7.11 Å². The number of methoxy groups -OCH3 is 1. The molecule has 4 heteroatoms. The number of oxazole rings is 1. The molecule has 4 nitrogen and oxygen atoms in total. The Hall–Kier alpha value is -2.10. The first-order chi connectivity index (χ1) is 7.78. The van der Waals surface area contributed by atoms with Gasteiger partial charge in [0.15, 0.2) is 17.1 Å². The van der Waals surface area contributed by atoms with Crippen LogP contribution in [0.4, 0.5) is 0 Å². The fourth-order valence-electron chi connectivity index (χ4n) is 1.79. The Morgan fingerprint density at radius 1 is 1.25 bits per heavy atom. The molecule has 0 aliphatic heterocycles. The van der Waals surface area contributed by atoms with E-state index in [9.17, 15) is 0 Å². The number of aryl methyl sites for hydroxylation is 1. The van der Waals surface area contributed by atoms with Crippen molar-refractivity contribution in [1.29, 1.82) is 0 Å². The highest BCUT2D eigenvalue weighted by Gasteiger charge is 2.08. The van der Waals surface area contributed by atoms with Crippen LogP contribution in [-0.2, 0) is 0 Å². The van der Waals surface area contributed by atoms with Gasteiger partial charge in [-0.2, -0.15) is 4.98 Å². The van der Waals surface area contributed by atoms with Crippen LogP contribution in [0.1, 0.15) is 5.89 Å². The van der Waals surface area contributed by atoms with Gasteiger partial charge in [0.2, 0.25) is 0 Å². The zero-order valence-electron chi connectivity index (χ0n) is 9.02. The predicted octanol–water partition coefficient (Wildman–Crippen LogP) is 2.69. The SMILES string of the molecule is COc1cccc2cc3oc(C)nc3nc12. The lowest BCUT2D eigenvalue weighted by atomic mass is 10.2. The van der Waals surface area contributed by atoms with Crippen LogP contribution in [0.3, 0.4) is 0 Å². The third kappa shape index (κ3) is 1.23. The Labute approximate surface area is 91.9 Å². The maximum Gasteiger partial charge on any atom is 0.199 e. The van der Waals surface area contributed by atoms with Gasteiger partial charge in [0, 0.05) is 12.3 Å². The number of ether oxygens (including phenoxy) is 1.